The molecule has 1 saturated heterocycles. The van der Waals surface area contributed by atoms with Crippen LogP contribution in [0.5, 0.6) is 0 Å². The summed E-state index contributed by atoms with van der Waals surface area (Å²) in [6, 6.07) is 15.6. The number of hydrogen-bond acceptors (Lipinski definition) is 4. The summed E-state index contributed by atoms with van der Waals surface area (Å²) in [6.07, 6.45) is 0.931. The summed E-state index contributed by atoms with van der Waals surface area (Å²) in [4.78, 5) is 24.8. The third-order valence-corrected chi connectivity index (χ3v) is 5.92. The molecule has 2 aromatic carbocycles. The molecule has 27 heavy (non-hydrogen) atoms. The standard InChI is InChI=1S/C20H16N4O2S/c25-18-8-7-15(22-18)20(26)21-12-5-6-14-13(10-12)19(24-23-14)17-9-11-3-1-2-4-16(11)27-17/h1-6,9-10,15H,7-8H2,(H,21,26)(H,22,25)(H,23,24)/t15-/m1/s1. The lowest BCUT2D eigenvalue weighted by Gasteiger charge is -2.11. The number of benzene rings is 2. The molecule has 0 unspecified atom stereocenters. The monoisotopic (exact) mass is 376 g/mol. The minimum atomic E-state index is -0.459. The van der Waals surface area contributed by atoms with Gasteiger partial charge in [-0.3, -0.25) is 14.7 Å². The molecule has 1 fully saturated rings. The van der Waals surface area contributed by atoms with Crippen LogP contribution in [0.25, 0.3) is 31.6 Å². The number of rotatable bonds is 3. The van der Waals surface area contributed by atoms with Gasteiger partial charge < -0.3 is 10.6 Å². The highest BCUT2D eigenvalue weighted by molar-refractivity contribution is 7.22. The van der Waals surface area contributed by atoms with Gasteiger partial charge in [-0.15, -0.1) is 11.3 Å². The van der Waals surface area contributed by atoms with Crippen LogP contribution in [0, 0.1) is 0 Å². The van der Waals surface area contributed by atoms with E-state index in [0.29, 0.717) is 18.5 Å². The third-order valence-electron chi connectivity index (χ3n) is 4.80. The van der Waals surface area contributed by atoms with Crippen LogP contribution in [0.15, 0.2) is 48.5 Å². The first kappa shape index (κ1) is 16.0. The van der Waals surface area contributed by atoms with Crippen molar-refractivity contribution in [3.05, 3.63) is 48.5 Å². The van der Waals surface area contributed by atoms with Gasteiger partial charge in [0.1, 0.15) is 11.7 Å². The molecule has 134 valence electrons. The first-order valence-corrected chi connectivity index (χ1v) is 9.56. The second-order valence-electron chi connectivity index (χ2n) is 6.63. The molecule has 0 radical (unpaired) electrons. The van der Waals surface area contributed by atoms with Gasteiger partial charge in [-0.1, -0.05) is 18.2 Å². The maximum absolute atomic E-state index is 12.4. The van der Waals surface area contributed by atoms with Gasteiger partial charge in [0, 0.05) is 22.2 Å². The van der Waals surface area contributed by atoms with E-state index >= 15 is 0 Å². The van der Waals surface area contributed by atoms with E-state index in [1.165, 1.54) is 10.1 Å². The van der Waals surface area contributed by atoms with Gasteiger partial charge in [-0.05, 0) is 42.1 Å². The van der Waals surface area contributed by atoms with Crippen molar-refractivity contribution in [2.45, 2.75) is 18.9 Å². The van der Waals surface area contributed by atoms with E-state index in [2.05, 4.69) is 39.0 Å². The number of aromatic amines is 1. The summed E-state index contributed by atoms with van der Waals surface area (Å²) < 4.78 is 1.21. The highest BCUT2D eigenvalue weighted by Gasteiger charge is 2.27. The van der Waals surface area contributed by atoms with Crippen molar-refractivity contribution >= 4 is 49.8 Å². The molecule has 3 N–H and O–H groups in total. The molecule has 1 aliphatic heterocycles. The maximum Gasteiger partial charge on any atom is 0.246 e. The Bertz CT molecular complexity index is 1160. The number of fused-ring (bicyclic) bond motifs is 2. The van der Waals surface area contributed by atoms with Crippen LogP contribution < -0.4 is 10.6 Å². The van der Waals surface area contributed by atoms with Gasteiger partial charge in [0.2, 0.25) is 11.8 Å². The molecule has 0 aliphatic carbocycles. The second-order valence-corrected chi connectivity index (χ2v) is 7.71. The molecule has 1 atom stereocenters. The van der Waals surface area contributed by atoms with Crippen molar-refractivity contribution in [2.75, 3.05) is 5.32 Å². The topological polar surface area (TPSA) is 86.9 Å². The highest BCUT2D eigenvalue weighted by Crippen LogP contribution is 2.36. The van der Waals surface area contributed by atoms with E-state index in [-0.39, 0.29) is 11.8 Å². The zero-order chi connectivity index (χ0) is 18.4. The summed E-state index contributed by atoms with van der Waals surface area (Å²) in [6.45, 7) is 0. The predicted molar refractivity (Wildman–Crippen MR) is 107 cm³/mol. The lowest BCUT2D eigenvalue weighted by molar-refractivity contribution is -0.122. The first-order chi connectivity index (χ1) is 13.2. The van der Waals surface area contributed by atoms with Crippen molar-refractivity contribution in [3.8, 4) is 10.6 Å². The van der Waals surface area contributed by atoms with Crippen molar-refractivity contribution in [2.24, 2.45) is 0 Å². The molecule has 2 aromatic heterocycles. The number of carbonyl (C=O) groups is 2. The van der Waals surface area contributed by atoms with Gasteiger partial charge in [0.05, 0.1) is 10.4 Å². The maximum atomic E-state index is 12.4. The number of H-pyrrole nitrogens is 1. The molecule has 7 heteroatoms. The van der Waals surface area contributed by atoms with Crippen molar-refractivity contribution in [3.63, 3.8) is 0 Å². The number of thiophene rings is 1. The van der Waals surface area contributed by atoms with Crippen LogP contribution in [-0.2, 0) is 9.59 Å². The van der Waals surface area contributed by atoms with Gasteiger partial charge in [-0.2, -0.15) is 5.10 Å². The van der Waals surface area contributed by atoms with Gasteiger partial charge in [0.25, 0.3) is 0 Å². The largest absolute Gasteiger partial charge is 0.344 e. The molecule has 0 saturated carbocycles. The molecule has 0 bridgehead atoms. The summed E-state index contributed by atoms with van der Waals surface area (Å²) in [7, 11) is 0. The van der Waals surface area contributed by atoms with Crippen molar-refractivity contribution in [1.82, 2.24) is 15.5 Å². The highest BCUT2D eigenvalue weighted by atomic mass is 32.1. The van der Waals surface area contributed by atoms with Crippen LogP contribution in [0.1, 0.15) is 12.8 Å². The SMILES string of the molecule is O=C1CC[C@H](C(=O)Nc2ccc3[nH]nc(-c4cc5ccccc5s4)c3c2)N1. The van der Waals surface area contributed by atoms with E-state index in [1.807, 2.05) is 30.3 Å². The van der Waals surface area contributed by atoms with Crippen LogP contribution in [0.2, 0.25) is 0 Å². The van der Waals surface area contributed by atoms with Crippen molar-refractivity contribution in [1.29, 1.82) is 0 Å². The smallest absolute Gasteiger partial charge is 0.246 e. The van der Waals surface area contributed by atoms with Gasteiger partial charge in [0.15, 0.2) is 0 Å². The Labute approximate surface area is 158 Å². The molecular formula is C20H16N4O2S. The van der Waals surface area contributed by atoms with E-state index in [0.717, 1.165) is 21.5 Å². The fourth-order valence-electron chi connectivity index (χ4n) is 3.42. The molecule has 5 rings (SSSR count). The number of aromatic nitrogens is 2. The molecule has 3 heterocycles. The number of anilines is 1. The minimum absolute atomic E-state index is 0.0764. The van der Waals surface area contributed by atoms with Crippen LogP contribution in [0.3, 0.4) is 0 Å². The number of carbonyl (C=O) groups excluding carboxylic acids is 2. The lowest BCUT2D eigenvalue weighted by Crippen LogP contribution is -2.37. The quantitative estimate of drug-likeness (QED) is 0.510. The van der Waals surface area contributed by atoms with E-state index < -0.39 is 6.04 Å². The number of hydrogen-bond donors (Lipinski definition) is 3. The Morgan fingerprint density at radius 1 is 1.19 bits per heavy atom. The van der Waals surface area contributed by atoms with Crippen molar-refractivity contribution < 1.29 is 9.59 Å². The normalized spacial score (nSPS) is 16.7. The fourth-order valence-corrected chi connectivity index (χ4v) is 4.48. The molecule has 0 spiro atoms. The van der Waals surface area contributed by atoms with E-state index in [1.54, 1.807) is 11.3 Å². The zero-order valence-corrected chi connectivity index (χ0v) is 15.1. The second kappa shape index (κ2) is 6.21. The summed E-state index contributed by atoms with van der Waals surface area (Å²) in [5, 5.41) is 15.3. The van der Waals surface area contributed by atoms with Crippen LogP contribution in [0.4, 0.5) is 5.69 Å². The third kappa shape index (κ3) is 2.86. The number of nitrogens with one attached hydrogen (secondary N) is 3. The van der Waals surface area contributed by atoms with E-state index in [4.69, 9.17) is 0 Å². The number of nitrogens with zero attached hydrogens (tertiary/aromatic N) is 1. The van der Waals surface area contributed by atoms with Gasteiger partial charge >= 0.3 is 0 Å². The summed E-state index contributed by atoms with van der Waals surface area (Å²) in [5.41, 5.74) is 2.48. The Balaban J connectivity index is 1.49. The fraction of sp³-hybridized carbons (Fsp3) is 0.150. The summed E-state index contributed by atoms with van der Waals surface area (Å²) >= 11 is 1.69. The molecule has 1 aliphatic rings. The summed E-state index contributed by atoms with van der Waals surface area (Å²) in [5.74, 6) is -0.264. The Kier molecular flexibility index (Phi) is 3.68. The minimum Gasteiger partial charge on any atom is -0.344 e. The average molecular weight is 376 g/mol. The first-order valence-electron chi connectivity index (χ1n) is 8.75. The zero-order valence-electron chi connectivity index (χ0n) is 14.3. The Morgan fingerprint density at radius 2 is 2.07 bits per heavy atom. The number of amides is 2. The Morgan fingerprint density at radius 3 is 2.89 bits per heavy atom. The molecule has 4 aromatic rings. The van der Waals surface area contributed by atoms with Gasteiger partial charge in [-0.25, -0.2) is 0 Å². The lowest BCUT2D eigenvalue weighted by atomic mass is 10.1. The van der Waals surface area contributed by atoms with Crippen LogP contribution >= 0.6 is 11.3 Å². The average Bonchev–Trinajstić information content (AvgIpc) is 3.38. The Hall–Kier alpha value is -3.19. The molecule has 2 amide bonds. The molecule has 6 nitrogen and oxygen atoms in total. The van der Waals surface area contributed by atoms with Crippen LogP contribution in [-0.4, -0.2) is 28.1 Å². The van der Waals surface area contributed by atoms with E-state index in [9.17, 15) is 9.59 Å². The molecular weight excluding hydrogens is 360 g/mol. The predicted octanol–water partition coefficient (Wildman–Crippen LogP) is 3.66.